The van der Waals surface area contributed by atoms with Gasteiger partial charge in [0.05, 0.1) is 11.9 Å². The number of pyridine rings is 1. The smallest absolute Gasteiger partial charge is 0.153 e. The van der Waals surface area contributed by atoms with Gasteiger partial charge in [0.1, 0.15) is 5.76 Å². The molecule has 2 heteroatoms. The zero-order chi connectivity index (χ0) is 23.4. The van der Waals surface area contributed by atoms with Gasteiger partial charge in [-0.05, 0) is 78.1 Å². The summed E-state index contributed by atoms with van der Waals surface area (Å²) in [4.78, 5) is 4.75. The molecule has 0 aliphatic rings. The summed E-state index contributed by atoms with van der Waals surface area (Å²) in [5.74, 6) is 0.911. The second kappa shape index (κ2) is 7.62. The fraction of sp³-hybridized carbons (Fsp3) is 0.367. The van der Waals surface area contributed by atoms with E-state index in [4.69, 9.17) is 9.40 Å². The van der Waals surface area contributed by atoms with Crippen LogP contribution in [0.4, 0.5) is 0 Å². The van der Waals surface area contributed by atoms with Crippen molar-refractivity contribution in [2.75, 3.05) is 0 Å². The molecule has 2 aromatic carbocycles. The third-order valence-corrected chi connectivity index (χ3v) is 6.29. The van der Waals surface area contributed by atoms with Crippen LogP contribution in [-0.4, -0.2) is 4.98 Å². The van der Waals surface area contributed by atoms with E-state index in [1.807, 2.05) is 6.20 Å². The number of rotatable bonds is 2. The van der Waals surface area contributed by atoms with Crippen molar-refractivity contribution in [2.24, 2.45) is 0 Å². The maximum Gasteiger partial charge on any atom is 0.153 e. The Bertz CT molecular complexity index is 1290. The average Bonchev–Trinajstić information content (AvgIpc) is 3.08. The van der Waals surface area contributed by atoms with Gasteiger partial charge in [-0.2, -0.15) is 0 Å². The summed E-state index contributed by atoms with van der Waals surface area (Å²) >= 11 is 0. The number of furan rings is 1. The molecular formula is C30H35NO. The summed E-state index contributed by atoms with van der Waals surface area (Å²) in [6, 6.07) is 15.6. The van der Waals surface area contributed by atoms with Gasteiger partial charge in [0.2, 0.25) is 0 Å². The summed E-state index contributed by atoms with van der Waals surface area (Å²) in [6.45, 7) is 20.0. The first-order valence-corrected chi connectivity index (χ1v) is 11.5. The van der Waals surface area contributed by atoms with Crippen molar-refractivity contribution in [3.8, 4) is 22.6 Å². The standard InChI is InChI=1S/C30H35NO/c1-18-10-21(14-23(11-18)29(4,5)6)25-15-22-16-26(32-27(22)17-31-25)28-19(2)12-24(13-20(28)3)30(7,8)9/h10-17H,1-9H3. The van der Waals surface area contributed by atoms with E-state index >= 15 is 0 Å². The SMILES string of the molecule is Cc1cc(-c2cc3cc(-c4c(C)cc(C(C)(C)C)cc4C)oc3cn2)cc(C(C)(C)C)c1. The van der Waals surface area contributed by atoms with Gasteiger partial charge in [-0.25, -0.2) is 0 Å². The fourth-order valence-electron chi connectivity index (χ4n) is 4.38. The van der Waals surface area contributed by atoms with Crippen LogP contribution < -0.4 is 0 Å². The van der Waals surface area contributed by atoms with Crippen molar-refractivity contribution >= 4 is 11.0 Å². The van der Waals surface area contributed by atoms with E-state index in [1.165, 1.54) is 33.4 Å². The first kappa shape index (κ1) is 22.3. The molecule has 2 aromatic heterocycles. The van der Waals surface area contributed by atoms with Crippen LogP contribution in [0.3, 0.4) is 0 Å². The normalized spacial score (nSPS) is 12.5. The first-order chi connectivity index (χ1) is 14.8. The lowest BCUT2D eigenvalue weighted by Gasteiger charge is -2.21. The van der Waals surface area contributed by atoms with Gasteiger partial charge in [0, 0.05) is 16.5 Å². The molecule has 0 aliphatic carbocycles. The monoisotopic (exact) mass is 425 g/mol. The van der Waals surface area contributed by atoms with E-state index < -0.39 is 0 Å². The Morgan fingerprint density at radius 2 is 1.28 bits per heavy atom. The third kappa shape index (κ3) is 4.24. The second-order valence-electron chi connectivity index (χ2n) is 11.3. The highest BCUT2D eigenvalue weighted by atomic mass is 16.3. The lowest BCUT2D eigenvalue weighted by atomic mass is 9.83. The van der Waals surface area contributed by atoms with Gasteiger partial charge in [-0.15, -0.1) is 0 Å². The molecule has 0 bridgehead atoms. The zero-order valence-electron chi connectivity index (χ0n) is 21.0. The Hall–Kier alpha value is -2.87. The van der Waals surface area contributed by atoms with Crippen LogP contribution in [0, 0.1) is 20.8 Å². The predicted octanol–water partition coefficient (Wildman–Crippen LogP) is 8.68. The minimum atomic E-state index is 0.0992. The molecule has 4 aromatic rings. The van der Waals surface area contributed by atoms with Crippen molar-refractivity contribution in [1.82, 2.24) is 4.98 Å². The minimum absolute atomic E-state index is 0.0992. The lowest BCUT2D eigenvalue weighted by Crippen LogP contribution is -2.12. The number of hydrogen-bond donors (Lipinski definition) is 0. The molecule has 0 amide bonds. The Labute approximate surface area is 192 Å². The molecule has 0 unspecified atom stereocenters. The van der Waals surface area contributed by atoms with Gasteiger partial charge in [-0.1, -0.05) is 65.3 Å². The Balaban J connectivity index is 1.80. The van der Waals surface area contributed by atoms with Gasteiger partial charge in [0.15, 0.2) is 5.58 Å². The number of benzene rings is 2. The number of nitrogens with zero attached hydrogens (tertiary/aromatic N) is 1. The molecule has 166 valence electrons. The molecule has 2 heterocycles. The zero-order valence-corrected chi connectivity index (χ0v) is 21.0. The van der Waals surface area contributed by atoms with Gasteiger partial charge in [0.25, 0.3) is 0 Å². The van der Waals surface area contributed by atoms with E-state index in [0.29, 0.717) is 0 Å². The molecule has 0 spiro atoms. The molecule has 2 nitrogen and oxygen atoms in total. The molecule has 0 fully saturated rings. The number of aryl methyl sites for hydroxylation is 3. The number of hydrogen-bond acceptors (Lipinski definition) is 2. The average molecular weight is 426 g/mol. The summed E-state index contributed by atoms with van der Waals surface area (Å²) < 4.78 is 6.27. The van der Waals surface area contributed by atoms with Crippen LogP contribution in [0.15, 0.2) is 53.1 Å². The van der Waals surface area contributed by atoms with Crippen LogP contribution in [0.2, 0.25) is 0 Å². The highest BCUT2D eigenvalue weighted by Gasteiger charge is 2.19. The molecule has 0 N–H and O–H groups in total. The molecule has 0 radical (unpaired) electrons. The molecule has 32 heavy (non-hydrogen) atoms. The quantitative estimate of drug-likeness (QED) is 0.321. The van der Waals surface area contributed by atoms with Crippen LogP contribution in [0.25, 0.3) is 33.6 Å². The third-order valence-electron chi connectivity index (χ3n) is 6.29. The van der Waals surface area contributed by atoms with Crippen LogP contribution in [-0.2, 0) is 10.8 Å². The van der Waals surface area contributed by atoms with E-state index in [-0.39, 0.29) is 10.8 Å². The molecule has 0 atom stereocenters. The Morgan fingerprint density at radius 1 is 0.688 bits per heavy atom. The topological polar surface area (TPSA) is 26.0 Å². The maximum absolute atomic E-state index is 6.27. The lowest BCUT2D eigenvalue weighted by molar-refractivity contribution is 0.588. The molecule has 4 rings (SSSR count). The van der Waals surface area contributed by atoms with Gasteiger partial charge < -0.3 is 4.42 Å². The van der Waals surface area contributed by atoms with Crippen LogP contribution in [0.5, 0.6) is 0 Å². The van der Waals surface area contributed by atoms with E-state index in [9.17, 15) is 0 Å². The van der Waals surface area contributed by atoms with E-state index in [0.717, 1.165) is 28.0 Å². The maximum atomic E-state index is 6.27. The van der Waals surface area contributed by atoms with Crippen molar-refractivity contribution < 1.29 is 4.42 Å². The fourth-order valence-corrected chi connectivity index (χ4v) is 4.38. The van der Waals surface area contributed by atoms with Crippen molar-refractivity contribution in [3.63, 3.8) is 0 Å². The molecular weight excluding hydrogens is 390 g/mol. The van der Waals surface area contributed by atoms with Crippen molar-refractivity contribution in [3.05, 3.63) is 76.5 Å². The van der Waals surface area contributed by atoms with E-state index in [1.54, 1.807) is 0 Å². The molecule has 0 aliphatic heterocycles. The largest absolute Gasteiger partial charge is 0.454 e. The molecule has 0 saturated heterocycles. The van der Waals surface area contributed by atoms with E-state index in [2.05, 4.69) is 105 Å². The van der Waals surface area contributed by atoms with Crippen molar-refractivity contribution in [2.45, 2.75) is 73.1 Å². The minimum Gasteiger partial charge on any atom is -0.454 e. The molecule has 0 saturated carbocycles. The second-order valence-corrected chi connectivity index (χ2v) is 11.3. The summed E-state index contributed by atoms with van der Waals surface area (Å²) in [7, 11) is 0. The van der Waals surface area contributed by atoms with Crippen LogP contribution in [0.1, 0.15) is 69.4 Å². The van der Waals surface area contributed by atoms with Gasteiger partial charge >= 0.3 is 0 Å². The van der Waals surface area contributed by atoms with Crippen LogP contribution >= 0.6 is 0 Å². The van der Waals surface area contributed by atoms with Crippen molar-refractivity contribution in [1.29, 1.82) is 0 Å². The number of fused-ring (bicyclic) bond motifs is 1. The highest BCUT2D eigenvalue weighted by Crippen LogP contribution is 2.36. The summed E-state index contributed by atoms with van der Waals surface area (Å²) in [5.41, 5.74) is 10.8. The Morgan fingerprint density at radius 3 is 1.88 bits per heavy atom. The highest BCUT2D eigenvalue weighted by molar-refractivity contribution is 5.86. The predicted molar refractivity (Wildman–Crippen MR) is 136 cm³/mol. The van der Waals surface area contributed by atoms with Gasteiger partial charge in [-0.3, -0.25) is 4.98 Å². The Kier molecular flexibility index (Phi) is 5.32. The first-order valence-electron chi connectivity index (χ1n) is 11.5. The number of aromatic nitrogens is 1. The summed E-state index contributed by atoms with van der Waals surface area (Å²) in [5, 5.41) is 1.09. The summed E-state index contributed by atoms with van der Waals surface area (Å²) in [6.07, 6.45) is 1.86.